The van der Waals surface area contributed by atoms with Gasteiger partial charge in [0.1, 0.15) is 5.75 Å². The standard InChI is InChI=1S/C27H19F3N2O2/c28-27(29,30)34-22-14-12-20(13-15-22)23(19-6-2-1-3-7-19)9-5-11-26(33)32-25-10-4-8-21-18-31-17-16-24(21)25/h1-18H,(H,32,33). The Morgan fingerprint density at radius 1 is 0.882 bits per heavy atom. The highest BCUT2D eigenvalue weighted by atomic mass is 19.4. The summed E-state index contributed by atoms with van der Waals surface area (Å²) < 4.78 is 41.4. The second kappa shape index (κ2) is 10.0. The van der Waals surface area contributed by atoms with E-state index in [1.807, 2.05) is 54.6 Å². The molecule has 0 saturated carbocycles. The molecule has 0 bridgehead atoms. The van der Waals surface area contributed by atoms with Crippen molar-refractivity contribution in [1.29, 1.82) is 0 Å². The van der Waals surface area contributed by atoms with Gasteiger partial charge in [-0.15, -0.1) is 13.2 Å². The largest absolute Gasteiger partial charge is 0.573 e. The summed E-state index contributed by atoms with van der Waals surface area (Å²) in [5.74, 6) is -0.620. The zero-order chi connectivity index (χ0) is 24.0. The Morgan fingerprint density at radius 2 is 1.62 bits per heavy atom. The minimum atomic E-state index is -4.75. The third-order valence-corrected chi connectivity index (χ3v) is 4.93. The minimum absolute atomic E-state index is 0.302. The molecule has 0 unspecified atom stereocenters. The van der Waals surface area contributed by atoms with Crippen LogP contribution in [0.5, 0.6) is 5.75 Å². The van der Waals surface area contributed by atoms with Crippen molar-refractivity contribution >= 4 is 27.9 Å². The Bertz CT molecular complexity index is 1340. The van der Waals surface area contributed by atoms with E-state index in [1.165, 1.54) is 30.3 Å². The van der Waals surface area contributed by atoms with Gasteiger partial charge < -0.3 is 10.1 Å². The first-order chi connectivity index (χ1) is 16.4. The fourth-order valence-electron chi connectivity index (χ4n) is 3.45. The molecule has 3 aromatic carbocycles. The number of nitrogens with one attached hydrogen (secondary N) is 1. The Morgan fingerprint density at radius 3 is 2.35 bits per heavy atom. The molecule has 7 heteroatoms. The van der Waals surface area contributed by atoms with Gasteiger partial charge in [-0.3, -0.25) is 9.78 Å². The molecule has 1 aromatic heterocycles. The first kappa shape index (κ1) is 22.8. The van der Waals surface area contributed by atoms with Gasteiger partial charge in [0.05, 0.1) is 0 Å². The molecule has 4 aromatic rings. The van der Waals surface area contributed by atoms with Crippen molar-refractivity contribution in [3.05, 3.63) is 121 Å². The number of amides is 1. The minimum Gasteiger partial charge on any atom is -0.406 e. The van der Waals surface area contributed by atoms with Crippen molar-refractivity contribution in [3.8, 4) is 5.75 Å². The number of benzene rings is 3. The van der Waals surface area contributed by atoms with E-state index in [1.54, 1.807) is 24.5 Å². The van der Waals surface area contributed by atoms with Crippen LogP contribution in [0, 0.1) is 0 Å². The van der Waals surface area contributed by atoms with Gasteiger partial charge in [-0.2, -0.15) is 0 Å². The van der Waals surface area contributed by atoms with Crippen LogP contribution < -0.4 is 10.1 Å². The monoisotopic (exact) mass is 460 g/mol. The SMILES string of the molecule is O=C(C=CC=C(c1ccccc1)c1ccc(OC(F)(F)F)cc1)Nc1cccc2cnccc12. The fourth-order valence-corrected chi connectivity index (χ4v) is 3.45. The summed E-state index contributed by atoms with van der Waals surface area (Å²) in [6, 6.07) is 22.3. The number of aromatic nitrogens is 1. The molecule has 1 amide bonds. The highest BCUT2D eigenvalue weighted by Crippen LogP contribution is 2.28. The number of allylic oxidation sites excluding steroid dienone is 2. The predicted molar refractivity (Wildman–Crippen MR) is 126 cm³/mol. The Hall–Kier alpha value is -4.39. The number of pyridine rings is 1. The molecule has 1 heterocycles. The number of alkyl halides is 3. The number of hydrogen-bond acceptors (Lipinski definition) is 3. The summed E-state index contributed by atoms with van der Waals surface area (Å²) in [6.45, 7) is 0. The van der Waals surface area contributed by atoms with E-state index >= 15 is 0 Å². The third-order valence-electron chi connectivity index (χ3n) is 4.93. The van der Waals surface area contributed by atoms with Crippen LogP contribution in [-0.4, -0.2) is 17.3 Å². The van der Waals surface area contributed by atoms with Crippen molar-refractivity contribution in [3.63, 3.8) is 0 Å². The van der Waals surface area contributed by atoms with Gasteiger partial charge in [0.15, 0.2) is 0 Å². The quantitative estimate of drug-likeness (QED) is 0.256. The second-order valence-electron chi connectivity index (χ2n) is 7.27. The average molecular weight is 460 g/mol. The summed E-state index contributed by atoms with van der Waals surface area (Å²) >= 11 is 0. The highest BCUT2D eigenvalue weighted by Gasteiger charge is 2.31. The topological polar surface area (TPSA) is 51.2 Å². The predicted octanol–water partition coefficient (Wildman–Crippen LogP) is 6.76. The van der Waals surface area contributed by atoms with Crippen LogP contribution in [-0.2, 0) is 4.79 Å². The van der Waals surface area contributed by atoms with Gasteiger partial charge in [-0.1, -0.05) is 66.7 Å². The maximum absolute atomic E-state index is 12.5. The van der Waals surface area contributed by atoms with Gasteiger partial charge in [0, 0.05) is 34.9 Å². The highest BCUT2D eigenvalue weighted by molar-refractivity contribution is 6.06. The fraction of sp³-hybridized carbons (Fsp3) is 0.0370. The van der Waals surface area contributed by atoms with Crippen LogP contribution in [0.15, 0.2) is 109 Å². The lowest BCUT2D eigenvalue weighted by atomic mass is 9.97. The molecule has 0 aliphatic rings. The van der Waals surface area contributed by atoms with E-state index in [9.17, 15) is 18.0 Å². The lowest BCUT2D eigenvalue weighted by Crippen LogP contribution is -2.17. The molecule has 0 atom stereocenters. The summed E-state index contributed by atoms with van der Waals surface area (Å²) in [7, 11) is 0. The Balaban J connectivity index is 1.56. The van der Waals surface area contributed by atoms with Crippen molar-refractivity contribution in [2.24, 2.45) is 0 Å². The summed E-state index contributed by atoms with van der Waals surface area (Å²) in [4.78, 5) is 16.6. The lowest BCUT2D eigenvalue weighted by molar-refractivity contribution is -0.274. The second-order valence-corrected chi connectivity index (χ2v) is 7.27. The summed E-state index contributed by atoms with van der Waals surface area (Å²) in [6.07, 6.45) is 3.36. The smallest absolute Gasteiger partial charge is 0.406 e. The Kier molecular flexibility index (Phi) is 6.73. The van der Waals surface area contributed by atoms with E-state index in [2.05, 4.69) is 15.0 Å². The molecule has 0 aliphatic heterocycles. The van der Waals surface area contributed by atoms with Crippen LogP contribution in [0.4, 0.5) is 18.9 Å². The molecule has 34 heavy (non-hydrogen) atoms. The number of rotatable bonds is 6. The number of carbonyl (C=O) groups is 1. The van der Waals surface area contributed by atoms with Crippen molar-refractivity contribution in [1.82, 2.24) is 4.98 Å². The molecule has 4 rings (SSSR count). The van der Waals surface area contributed by atoms with Crippen molar-refractivity contribution in [2.75, 3.05) is 5.32 Å². The van der Waals surface area contributed by atoms with Crippen LogP contribution in [0.2, 0.25) is 0 Å². The molecule has 0 fully saturated rings. The van der Waals surface area contributed by atoms with Gasteiger partial charge >= 0.3 is 6.36 Å². The number of hydrogen-bond donors (Lipinski definition) is 1. The maximum Gasteiger partial charge on any atom is 0.573 e. The number of carbonyl (C=O) groups excluding carboxylic acids is 1. The molecular formula is C27H19F3N2O2. The van der Waals surface area contributed by atoms with Crippen molar-refractivity contribution in [2.45, 2.75) is 6.36 Å². The maximum atomic E-state index is 12.5. The van der Waals surface area contributed by atoms with E-state index in [0.717, 1.165) is 21.9 Å². The van der Waals surface area contributed by atoms with Crippen LogP contribution in [0.25, 0.3) is 16.3 Å². The number of fused-ring (bicyclic) bond motifs is 1. The molecule has 0 spiro atoms. The van der Waals surface area contributed by atoms with Gasteiger partial charge in [-0.05, 0) is 41.0 Å². The molecule has 170 valence electrons. The van der Waals surface area contributed by atoms with Gasteiger partial charge in [-0.25, -0.2) is 0 Å². The number of ether oxygens (including phenoxy) is 1. The summed E-state index contributed by atoms with van der Waals surface area (Å²) in [5, 5.41) is 4.65. The molecule has 4 nitrogen and oxygen atoms in total. The zero-order valence-electron chi connectivity index (χ0n) is 17.8. The molecule has 0 aliphatic carbocycles. The first-order valence-electron chi connectivity index (χ1n) is 10.3. The zero-order valence-corrected chi connectivity index (χ0v) is 17.8. The normalized spacial score (nSPS) is 12.1. The lowest BCUT2D eigenvalue weighted by Gasteiger charge is -2.11. The van der Waals surface area contributed by atoms with Gasteiger partial charge in [0.2, 0.25) is 5.91 Å². The van der Waals surface area contributed by atoms with Crippen LogP contribution >= 0.6 is 0 Å². The van der Waals surface area contributed by atoms with E-state index < -0.39 is 6.36 Å². The summed E-state index contributed by atoms with van der Waals surface area (Å²) in [5.41, 5.74) is 2.92. The van der Waals surface area contributed by atoms with Crippen molar-refractivity contribution < 1.29 is 22.7 Å². The number of halogens is 3. The average Bonchev–Trinajstić information content (AvgIpc) is 2.82. The molecular weight excluding hydrogens is 441 g/mol. The Labute approximate surface area is 194 Å². The molecule has 0 saturated heterocycles. The number of anilines is 1. The van der Waals surface area contributed by atoms with Gasteiger partial charge in [0.25, 0.3) is 0 Å². The first-order valence-corrected chi connectivity index (χ1v) is 10.3. The number of nitrogens with zero attached hydrogens (tertiary/aromatic N) is 1. The van der Waals surface area contributed by atoms with E-state index in [4.69, 9.17) is 0 Å². The van der Waals surface area contributed by atoms with Crippen LogP contribution in [0.3, 0.4) is 0 Å². The van der Waals surface area contributed by atoms with E-state index in [-0.39, 0.29) is 11.7 Å². The molecule has 1 N–H and O–H groups in total. The molecule has 0 radical (unpaired) electrons. The van der Waals surface area contributed by atoms with E-state index in [0.29, 0.717) is 11.3 Å². The van der Waals surface area contributed by atoms with Crippen LogP contribution in [0.1, 0.15) is 11.1 Å². The third kappa shape index (κ3) is 5.89.